The van der Waals surface area contributed by atoms with Crippen molar-refractivity contribution in [2.45, 2.75) is 0 Å². The van der Waals surface area contributed by atoms with E-state index in [0.717, 1.165) is 0 Å². The molecule has 2 nitrogen and oxygen atoms in total. The zero-order valence-electron chi connectivity index (χ0n) is 1.82. The standard InChI is InChI=1S/2Ce.2O/q2*+4;2*-2. The zero-order chi connectivity index (χ0) is 0. The van der Waals surface area contributed by atoms with Crippen LogP contribution in [-0.4, -0.2) is 0 Å². The van der Waals surface area contributed by atoms with E-state index in [9.17, 15) is 0 Å². The van der Waals surface area contributed by atoms with Gasteiger partial charge < -0.3 is 11.0 Å². The Bertz CT molecular complexity index is 4.00. The molecule has 0 aromatic carbocycles. The third-order valence-electron chi connectivity index (χ3n) is 0. The smallest absolute Gasteiger partial charge is 2.00 e. The van der Waals surface area contributed by atoms with Gasteiger partial charge in [-0.25, -0.2) is 0 Å². The largest absolute Gasteiger partial charge is 4.00 e. The Morgan fingerprint density at radius 2 is 0.500 bits per heavy atom. The third kappa shape index (κ3) is 8.82. The fourth-order valence-electron chi connectivity index (χ4n) is 0. The summed E-state index contributed by atoms with van der Waals surface area (Å²) in [6.45, 7) is 0. The van der Waals surface area contributed by atoms with E-state index in [1.807, 2.05) is 0 Å². The van der Waals surface area contributed by atoms with Crippen molar-refractivity contribution >= 4 is 0 Å². The van der Waals surface area contributed by atoms with Gasteiger partial charge >= 0.3 is 83.5 Å². The van der Waals surface area contributed by atoms with E-state index in [1.165, 1.54) is 0 Å². The van der Waals surface area contributed by atoms with Gasteiger partial charge in [-0.3, -0.25) is 0 Å². The summed E-state index contributed by atoms with van der Waals surface area (Å²) in [5.74, 6) is 0. The van der Waals surface area contributed by atoms with Gasteiger partial charge in [0, 0.05) is 0 Å². The van der Waals surface area contributed by atoms with E-state index < -0.39 is 0 Å². The van der Waals surface area contributed by atoms with Crippen LogP contribution in [0.2, 0.25) is 0 Å². The van der Waals surface area contributed by atoms with E-state index in [-0.39, 0.29) is 94.4 Å². The number of rotatable bonds is 0. The Labute approximate surface area is 92.1 Å². The molecule has 0 saturated heterocycles. The van der Waals surface area contributed by atoms with Crippen LogP contribution < -0.4 is 0 Å². The summed E-state index contributed by atoms with van der Waals surface area (Å²) < 4.78 is 0. The van der Waals surface area contributed by atoms with Gasteiger partial charge in [0.1, 0.15) is 0 Å². The summed E-state index contributed by atoms with van der Waals surface area (Å²) in [6.07, 6.45) is 0. The normalized spacial score (nSPS) is 0. The predicted octanol–water partition coefficient (Wildman–Crippen LogP) is -0.238. The van der Waals surface area contributed by atoms with Crippen molar-refractivity contribution < 1.29 is 94.4 Å². The van der Waals surface area contributed by atoms with Gasteiger partial charge in [0.25, 0.3) is 0 Å². The summed E-state index contributed by atoms with van der Waals surface area (Å²) in [4.78, 5) is 0. The third-order valence-corrected chi connectivity index (χ3v) is 0. The molecule has 0 radical (unpaired) electrons. The zero-order valence-corrected chi connectivity index (χ0v) is 8.10. The second-order valence-electron chi connectivity index (χ2n) is 0. The molecule has 0 atom stereocenters. The van der Waals surface area contributed by atoms with E-state index in [4.69, 9.17) is 0 Å². The second-order valence-corrected chi connectivity index (χ2v) is 0. The maximum Gasteiger partial charge on any atom is 4.00 e. The van der Waals surface area contributed by atoms with Gasteiger partial charge in [-0.05, 0) is 0 Å². The van der Waals surface area contributed by atoms with Crippen molar-refractivity contribution in [1.82, 2.24) is 0 Å². The fourth-order valence-corrected chi connectivity index (χ4v) is 0. The molecule has 0 aliphatic carbocycles. The molecule has 0 amide bonds. The van der Waals surface area contributed by atoms with Crippen LogP contribution in [0.25, 0.3) is 0 Å². The molecule has 0 aliphatic heterocycles. The predicted molar refractivity (Wildman–Crippen MR) is 1.37 cm³/mol. The minimum atomic E-state index is 0. The van der Waals surface area contributed by atoms with Crippen LogP contribution >= 0.6 is 0 Å². The van der Waals surface area contributed by atoms with Crippen LogP contribution in [0.4, 0.5) is 0 Å². The molecule has 4 heavy (non-hydrogen) atoms. The summed E-state index contributed by atoms with van der Waals surface area (Å²) in [5.41, 5.74) is 0. The van der Waals surface area contributed by atoms with Crippen molar-refractivity contribution in [2.24, 2.45) is 0 Å². The Balaban J connectivity index is 0. The molecule has 0 aromatic rings. The van der Waals surface area contributed by atoms with Gasteiger partial charge in [0.2, 0.25) is 0 Å². The van der Waals surface area contributed by atoms with Crippen LogP contribution in [0.15, 0.2) is 0 Å². The first-order valence-electron chi connectivity index (χ1n) is 0. The number of hydrogen-bond acceptors (Lipinski definition) is 0. The van der Waals surface area contributed by atoms with Gasteiger partial charge in [0.05, 0.1) is 0 Å². The summed E-state index contributed by atoms with van der Waals surface area (Å²) >= 11 is 0. The van der Waals surface area contributed by atoms with Gasteiger partial charge in [-0.2, -0.15) is 0 Å². The molecule has 0 aromatic heterocycles. The minimum Gasteiger partial charge on any atom is -2.00 e. The van der Waals surface area contributed by atoms with E-state index >= 15 is 0 Å². The quantitative estimate of drug-likeness (QED) is 0.593. The second kappa shape index (κ2) is 17.3. The Kier molecular flexibility index (Phi) is 130. The maximum atomic E-state index is 0. The molecule has 0 unspecified atom stereocenters. The first-order valence-corrected chi connectivity index (χ1v) is 0. The first kappa shape index (κ1) is 30.1. The van der Waals surface area contributed by atoms with Crippen LogP contribution in [0, 0.1) is 83.5 Å². The molecule has 0 heterocycles. The number of hydrogen-bond donors (Lipinski definition) is 0. The molecule has 0 bridgehead atoms. The van der Waals surface area contributed by atoms with Crippen LogP contribution in [0.3, 0.4) is 0 Å². The Hall–Kier alpha value is 2.67. The molecule has 0 fully saturated rings. The average Bonchev–Trinajstić information content (AvgIpc) is 0. The summed E-state index contributed by atoms with van der Waals surface area (Å²) in [5, 5.41) is 0. The van der Waals surface area contributed by atoms with E-state index in [2.05, 4.69) is 0 Å². The van der Waals surface area contributed by atoms with Crippen molar-refractivity contribution in [1.29, 1.82) is 0 Å². The summed E-state index contributed by atoms with van der Waals surface area (Å²) in [6, 6.07) is 0. The summed E-state index contributed by atoms with van der Waals surface area (Å²) in [7, 11) is 0. The molecular formula is Ce2O2+4. The SMILES string of the molecule is [Ce+4].[Ce+4].[O-2].[O-2]. The molecule has 0 saturated carbocycles. The molecule has 4 heteroatoms. The van der Waals surface area contributed by atoms with Crippen LogP contribution in [-0.2, 0) is 11.0 Å². The van der Waals surface area contributed by atoms with Crippen molar-refractivity contribution in [2.75, 3.05) is 0 Å². The Morgan fingerprint density at radius 3 is 0.500 bits per heavy atom. The minimum absolute atomic E-state index is 0. The van der Waals surface area contributed by atoms with Crippen molar-refractivity contribution in [3.8, 4) is 0 Å². The average molecular weight is 312 g/mol. The monoisotopic (exact) mass is 312 g/mol. The Morgan fingerprint density at radius 1 is 0.500 bits per heavy atom. The topological polar surface area (TPSA) is 57.0 Å². The van der Waals surface area contributed by atoms with Gasteiger partial charge in [-0.1, -0.05) is 0 Å². The van der Waals surface area contributed by atoms with Crippen LogP contribution in [0.5, 0.6) is 0 Å². The van der Waals surface area contributed by atoms with E-state index in [1.54, 1.807) is 0 Å². The van der Waals surface area contributed by atoms with Gasteiger partial charge in [0.15, 0.2) is 0 Å². The molecule has 0 rings (SSSR count). The molecule has 0 N–H and O–H groups in total. The van der Waals surface area contributed by atoms with Crippen molar-refractivity contribution in [3.05, 3.63) is 0 Å². The van der Waals surface area contributed by atoms with E-state index in [0.29, 0.717) is 0 Å². The van der Waals surface area contributed by atoms with Crippen LogP contribution in [0.1, 0.15) is 0 Å². The van der Waals surface area contributed by atoms with Crippen molar-refractivity contribution in [3.63, 3.8) is 0 Å². The fraction of sp³-hybridized carbons (Fsp3) is 0. The maximum absolute atomic E-state index is 0. The first-order chi connectivity index (χ1) is 0. The molecular weight excluding hydrogens is 312 g/mol. The molecule has 0 aliphatic rings. The van der Waals surface area contributed by atoms with Gasteiger partial charge in [-0.15, -0.1) is 0 Å². The molecule has 0 spiro atoms. The molecule has 16 valence electrons.